The summed E-state index contributed by atoms with van der Waals surface area (Å²) in [7, 11) is 0. The second kappa shape index (κ2) is 11.6. The molecule has 4 aromatic rings. The smallest absolute Gasteiger partial charge is 0.321 e. The first kappa shape index (κ1) is 25.1. The molecule has 0 aliphatic carbocycles. The van der Waals surface area contributed by atoms with E-state index in [-0.39, 0.29) is 0 Å². The molecular weight excluding hydrogens is 532 g/mol. The van der Waals surface area contributed by atoms with Crippen LogP contribution >= 0.6 is 27.5 Å². The maximum atomic E-state index is 12.0. The molecule has 1 unspecified atom stereocenters. The summed E-state index contributed by atoms with van der Waals surface area (Å²) in [6, 6.07) is 18.3. The van der Waals surface area contributed by atoms with Crippen LogP contribution in [0, 0.1) is 0 Å². The monoisotopic (exact) mass is 556 g/mol. The first-order valence-electron chi connectivity index (χ1n) is 11.3. The first-order chi connectivity index (χ1) is 16.9. The molecule has 3 N–H and O–H groups in total. The number of carboxylic acid groups (broad SMARTS) is 1. The number of aliphatic carboxylic acids is 1. The zero-order valence-electron chi connectivity index (χ0n) is 19.2. The lowest BCUT2D eigenvalue weighted by Gasteiger charge is -2.18. The molecule has 0 bridgehead atoms. The van der Waals surface area contributed by atoms with Gasteiger partial charge in [-0.2, -0.15) is 0 Å². The maximum Gasteiger partial charge on any atom is 0.321 e. The lowest BCUT2D eigenvalue weighted by Crippen LogP contribution is -2.38. The van der Waals surface area contributed by atoms with Crippen LogP contribution in [0.5, 0.6) is 11.5 Å². The Morgan fingerprint density at radius 1 is 1.09 bits per heavy atom. The maximum absolute atomic E-state index is 12.0. The number of hydrogen-bond acceptors (Lipinski definition) is 4. The van der Waals surface area contributed by atoms with E-state index < -0.39 is 12.0 Å². The summed E-state index contributed by atoms with van der Waals surface area (Å²) >= 11 is 9.67. The van der Waals surface area contributed by atoms with E-state index in [4.69, 9.17) is 21.1 Å². The Balaban J connectivity index is 1.48. The fourth-order valence-corrected chi connectivity index (χ4v) is 4.56. The van der Waals surface area contributed by atoms with Gasteiger partial charge in [-0.1, -0.05) is 57.9 Å². The zero-order chi connectivity index (χ0) is 24.8. The van der Waals surface area contributed by atoms with Gasteiger partial charge in [0, 0.05) is 39.6 Å². The Hall–Kier alpha value is -3.00. The number of aromatic nitrogens is 1. The lowest BCUT2D eigenvalue weighted by molar-refractivity contribution is -0.139. The molecule has 182 valence electrons. The van der Waals surface area contributed by atoms with Gasteiger partial charge in [-0.3, -0.25) is 10.1 Å². The number of halogens is 2. The minimum absolute atomic E-state index is 0.342. The van der Waals surface area contributed by atoms with Crippen LogP contribution in [0.15, 0.2) is 71.3 Å². The molecule has 8 heteroatoms. The van der Waals surface area contributed by atoms with Crippen LogP contribution in [0.3, 0.4) is 0 Å². The van der Waals surface area contributed by atoms with Gasteiger partial charge in [-0.05, 0) is 53.9 Å². The average molecular weight is 558 g/mol. The molecule has 0 aliphatic rings. The highest BCUT2D eigenvalue weighted by Crippen LogP contribution is 2.34. The molecular formula is C27H26BrClN2O4. The first-order valence-corrected chi connectivity index (χ1v) is 12.4. The van der Waals surface area contributed by atoms with Crippen LogP contribution in [0.2, 0.25) is 5.02 Å². The number of benzene rings is 3. The van der Waals surface area contributed by atoms with Gasteiger partial charge < -0.3 is 19.6 Å². The Morgan fingerprint density at radius 2 is 1.89 bits per heavy atom. The SMILES string of the molecule is CCOc1cc(CNC(Cc2c[nH]c3ccccc23)C(=O)O)c(Br)cc1OCc1cccc(Cl)c1. The van der Waals surface area contributed by atoms with Crippen LogP contribution < -0.4 is 14.8 Å². The van der Waals surface area contributed by atoms with E-state index in [2.05, 4.69) is 26.2 Å². The summed E-state index contributed by atoms with van der Waals surface area (Å²) in [5.74, 6) is 0.284. The topological polar surface area (TPSA) is 83.6 Å². The number of carboxylic acids is 1. The largest absolute Gasteiger partial charge is 0.490 e. The quantitative estimate of drug-likeness (QED) is 0.200. The molecule has 3 aromatic carbocycles. The highest BCUT2D eigenvalue weighted by Gasteiger charge is 2.20. The van der Waals surface area contributed by atoms with Gasteiger partial charge in [0.2, 0.25) is 0 Å². The van der Waals surface area contributed by atoms with Gasteiger partial charge in [0.05, 0.1) is 6.61 Å². The van der Waals surface area contributed by atoms with Crippen molar-refractivity contribution in [1.29, 1.82) is 0 Å². The van der Waals surface area contributed by atoms with E-state index in [1.54, 1.807) is 0 Å². The molecule has 0 amide bonds. The van der Waals surface area contributed by atoms with Crippen molar-refractivity contribution in [3.63, 3.8) is 0 Å². The van der Waals surface area contributed by atoms with Crippen LogP contribution in [0.1, 0.15) is 23.6 Å². The second-order valence-corrected chi connectivity index (χ2v) is 9.37. The fraction of sp³-hybridized carbons (Fsp3) is 0.222. The Labute approximate surface area is 217 Å². The zero-order valence-corrected chi connectivity index (χ0v) is 21.5. The molecule has 6 nitrogen and oxygen atoms in total. The number of rotatable bonds is 11. The third-order valence-corrected chi connectivity index (χ3v) is 6.61. The summed E-state index contributed by atoms with van der Waals surface area (Å²) in [4.78, 5) is 15.2. The molecule has 0 fully saturated rings. The van der Waals surface area contributed by atoms with Gasteiger partial charge in [0.1, 0.15) is 12.6 Å². The number of aromatic amines is 1. The van der Waals surface area contributed by atoms with Crippen molar-refractivity contribution in [3.8, 4) is 11.5 Å². The predicted octanol–water partition coefficient (Wildman–Crippen LogP) is 6.35. The van der Waals surface area contributed by atoms with Crippen molar-refractivity contribution in [3.05, 3.63) is 93.0 Å². The molecule has 0 aliphatic heterocycles. The van der Waals surface area contributed by atoms with Crippen LogP contribution in [-0.4, -0.2) is 28.7 Å². The second-order valence-electron chi connectivity index (χ2n) is 8.08. The predicted molar refractivity (Wildman–Crippen MR) is 141 cm³/mol. The lowest BCUT2D eigenvalue weighted by atomic mass is 10.0. The third kappa shape index (κ3) is 6.36. The number of carbonyl (C=O) groups is 1. The van der Waals surface area contributed by atoms with Gasteiger partial charge in [-0.25, -0.2) is 0 Å². The van der Waals surface area contributed by atoms with E-state index >= 15 is 0 Å². The van der Waals surface area contributed by atoms with Crippen molar-refractivity contribution in [2.75, 3.05) is 6.61 Å². The van der Waals surface area contributed by atoms with E-state index in [0.29, 0.717) is 42.7 Å². The number of para-hydroxylation sites is 1. The highest BCUT2D eigenvalue weighted by atomic mass is 79.9. The normalized spacial score (nSPS) is 12.0. The van der Waals surface area contributed by atoms with Crippen molar-refractivity contribution >= 4 is 44.4 Å². The molecule has 0 radical (unpaired) electrons. The third-order valence-electron chi connectivity index (χ3n) is 5.63. The molecule has 1 atom stereocenters. The van der Waals surface area contributed by atoms with E-state index in [0.717, 1.165) is 32.1 Å². The molecule has 1 heterocycles. The van der Waals surface area contributed by atoms with Crippen LogP contribution in [0.25, 0.3) is 10.9 Å². The van der Waals surface area contributed by atoms with Crippen molar-refractivity contribution in [2.24, 2.45) is 0 Å². The Kier molecular flexibility index (Phi) is 8.33. The minimum Gasteiger partial charge on any atom is -0.490 e. The molecule has 35 heavy (non-hydrogen) atoms. The van der Waals surface area contributed by atoms with Crippen LogP contribution in [-0.2, 0) is 24.4 Å². The summed E-state index contributed by atoms with van der Waals surface area (Å²) < 4.78 is 12.6. The van der Waals surface area contributed by atoms with Crippen molar-refractivity contribution < 1.29 is 19.4 Å². The number of hydrogen-bond donors (Lipinski definition) is 3. The fourth-order valence-electron chi connectivity index (χ4n) is 3.88. The van der Waals surface area contributed by atoms with Crippen molar-refractivity contribution in [1.82, 2.24) is 10.3 Å². The van der Waals surface area contributed by atoms with E-state index in [1.807, 2.05) is 73.8 Å². The number of nitrogens with one attached hydrogen (secondary N) is 2. The highest BCUT2D eigenvalue weighted by molar-refractivity contribution is 9.10. The summed E-state index contributed by atoms with van der Waals surface area (Å²) in [5.41, 5.74) is 3.76. The van der Waals surface area contributed by atoms with Gasteiger partial charge in [-0.15, -0.1) is 0 Å². The Morgan fingerprint density at radius 3 is 2.66 bits per heavy atom. The summed E-state index contributed by atoms with van der Waals surface area (Å²) in [6.45, 7) is 3.06. The number of H-pyrrole nitrogens is 1. The van der Waals surface area contributed by atoms with Crippen LogP contribution in [0.4, 0.5) is 0 Å². The van der Waals surface area contributed by atoms with Gasteiger partial charge in [0.25, 0.3) is 0 Å². The van der Waals surface area contributed by atoms with Gasteiger partial charge in [0.15, 0.2) is 11.5 Å². The number of fused-ring (bicyclic) bond motifs is 1. The number of ether oxygens (including phenoxy) is 2. The van der Waals surface area contributed by atoms with E-state index in [1.165, 1.54) is 0 Å². The average Bonchev–Trinajstić information content (AvgIpc) is 3.25. The molecule has 0 saturated heterocycles. The minimum atomic E-state index is -0.905. The van der Waals surface area contributed by atoms with Crippen molar-refractivity contribution in [2.45, 2.75) is 32.5 Å². The van der Waals surface area contributed by atoms with E-state index in [9.17, 15) is 9.90 Å². The summed E-state index contributed by atoms with van der Waals surface area (Å²) in [5, 5.41) is 14.7. The summed E-state index contributed by atoms with van der Waals surface area (Å²) in [6.07, 6.45) is 2.23. The Bertz CT molecular complexity index is 1320. The molecule has 4 rings (SSSR count). The molecule has 0 saturated carbocycles. The molecule has 0 spiro atoms. The molecule has 1 aromatic heterocycles. The standard InChI is InChI=1S/C27H26BrClN2O4/c1-2-34-25-12-19(22(28)13-26(25)35-16-17-6-5-7-20(29)10-17)15-31-24(27(32)33)11-18-14-30-23-9-4-3-8-21(18)23/h3-10,12-14,24,30-31H,2,11,15-16H2,1H3,(H,32,33). The van der Waals surface area contributed by atoms with Gasteiger partial charge >= 0.3 is 5.97 Å².